The van der Waals surface area contributed by atoms with Crippen LogP contribution >= 0.6 is 11.3 Å². The molecule has 1 amide bonds. The fourth-order valence-electron chi connectivity index (χ4n) is 1.92. The second-order valence-corrected chi connectivity index (χ2v) is 7.21. The lowest BCUT2D eigenvalue weighted by Gasteiger charge is -2.17. The van der Waals surface area contributed by atoms with Gasteiger partial charge in [-0.25, -0.2) is 0 Å². The molecule has 0 bridgehead atoms. The van der Waals surface area contributed by atoms with E-state index in [4.69, 9.17) is 0 Å². The van der Waals surface area contributed by atoms with E-state index in [1.165, 1.54) is 11.3 Å². The zero-order valence-electron chi connectivity index (χ0n) is 12.5. The van der Waals surface area contributed by atoms with Gasteiger partial charge in [0.15, 0.2) is 0 Å². The highest BCUT2D eigenvalue weighted by molar-refractivity contribution is 7.16. The minimum Gasteiger partial charge on any atom is -0.326 e. The Labute approximate surface area is 122 Å². The second-order valence-electron chi connectivity index (χ2n) is 6.22. The standard InChI is InChI=1S/C15H20N2O2S/c1-9(2)17-11-7-6-10(8-12(11)20-14(17)19)16-13(18)15(3,4)5/h6-9H,1-5H3,(H,16,18). The number of nitrogens with zero attached hydrogens (tertiary/aromatic N) is 1. The van der Waals surface area contributed by atoms with E-state index < -0.39 is 5.41 Å². The van der Waals surface area contributed by atoms with Crippen molar-refractivity contribution in [1.29, 1.82) is 0 Å². The van der Waals surface area contributed by atoms with Gasteiger partial charge in [0.2, 0.25) is 5.91 Å². The van der Waals surface area contributed by atoms with Crippen LogP contribution in [-0.4, -0.2) is 10.5 Å². The van der Waals surface area contributed by atoms with Crippen LogP contribution in [0.2, 0.25) is 0 Å². The van der Waals surface area contributed by atoms with E-state index in [0.717, 1.165) is 15.9 Å². The molecule has 0 unspecified atom stereocenters. The smallest absolute Gasteiger partial charge is 0.308 e. The van der Waals surface area contributed by atoms with Crippen molar-refractivity contribution < 1.29 is 4.79 Å². The van der Waals surface area contributed by atoms with Crippen molar-refractivity contribution in [2.45, 2.75) is 40.7 Å². The summed E-state index contributed by atoms with van der Waals surface area (Å²) in [5.41, 5.74) is 1.21. The highest BCUT2D eigenvalue weighted by Crippen LogP contribution is 2.25. The molecule has 0 fully saturated rings. The van der Waals surface area contributed by atoms with E-state index in [2.05, 4.69) is 5.32 Å². The number of carbonyl (C=O) groups excluding carboxylic acids is 1. The lowest BCUT2D eigenvalue weighted by Crippen LogP contribution is -2.27. The van der Waals surface area contributed by atoms with Gasteiger partial charge in [-0.15, -0.1) is 0 Å². The van der Waals surface area contributed by atoms with Gasteiger partial charge in [-0.3, -0.25) is 14.2 Å². The third-order valence-electron chi connectivity index (χ3n) is 3.07. The van der Waals surface area contributed by atoms with Gasteiger partial charge >= 0.3 is 4.87 Å². The van der Waals surface area contributed by atoms with Gasteiger partial charge in [0, 0.05) is 17.1 Å². The Morgan fingerprint density at radius 1 is 1.30 bits per heavy atom. The first-order chi connectivity index (χ1) is 9.20. The molecule has 0 aliphatic rings. The Balaban J connectivity index is 2.41. The molecule has 0 saturated carbocycles. The highest BCUT2D eigenvalue weighted by Gasteiger charge is 2.21. The van der Waals surface area contributed by atoms with E-state index in [1.54, 1.807) is 4.57 Å². The first-order valence-corrected chi connectivity index (χ1v) is 7.48. The summed E-state index contributed by atoms with van der Waals surface area (Å²) in [5.74, 6) is -0.0347. The van der Waals surface area contributed by atoms with Crippen LogP contribution in [0.3, 0.4) is 0 Å². The molecule has 0 atom stereocenters. The number of amides is 1. The maximum Gasteiger partial charge on any atom is 0.308 e. The fraction of sp³-hybridized carbons (Fsp3) is 0.467. The number of aromatic nitrogens is 1. The maximum atomic E-state index is 12.0. The Kier molecular flexibility index (Phi) is 3.73. The van der Waals surface area contributed by atoms with E-state index >= 15 is 0 Å². The topological polar surface area (TPSA) is 51.1 Å². The first-order valence-electron chi connectivity index (χ1n) is 6.66. The van der Waals surface area contributed by atoms with E-state index in [1.807, 2.05) is 52.8 Å². The number of nitrogens with one attached hydrogen (secondary N) is 1. The van der Waals surface area contributed by atoms with Crippen molar-refractivity contribution in [3.05, 3.63) is 27.9 Å². The van der Waals surface area contributed by atoms with Crippen molar-refractivity contribution in [3.8, 4) is 0 Å². The second kappa shape index (κ2) is 5.05. The van der Waals surface area contributed by atoms with Crippen molar-refractivity contribution in [3.63, 3.8) is 0 Å². The van der Waals surface area contributed by atoms with Crippen molar-refractivity contribution in [2.24, 2.45) is 5.41 Å². The lowest BCUT2D eigenvalue weighted by molar-refractivity contribution is -0.123. The third kappa shape index (κ3) is 2.77. The molecule has 2 aromatic rings. The highest BCUT2D eigenvalue weighted by atomic mass is 32.1. The average Bonchev–Trinajstić information content (AvgIpc) is 2.62. The lowest BCUT2D eigenvalue weighted by atomic mass is 9.95. The summed E-state index contributed by atoms with van der Waals surface area (Å²) < 4.78 is 2.67. The molecule has 1 heterocycles. The van der Waals surface area contributed by atoms with Crippen molar-refractivity contribution in [2.75, 3.05) is 5.32 Å². The first kappa shape index (κ1) is 14.8. The number of rotatable bonds is 2. The number of benzene rings is 1. The van der Waals surface area contributed by atoms with Crippen molar-refractivity contribution >= 4 is 33.1 Å². The zero-order valence-corrected chi connectivity index (χ0v) is 13.3. The number of carbonyl (C=O) groups is 1. The zero-order chi connectivity index (χ0) is 15.1. The predicted molar refractivity (Wildman–Crippen MR) is 84.6 cm³/mol. The summed E-state index contributed by atoms with van der Waals surface area (Å²) in [6.07, 6.45) is 0. The number of anilines is 1. The van der Waals surface area contributed by atoms with E-state index in [-0.39, 0.29) is 16.8 Å². The van der Waals surface area contributed by atoms with E-state index in [0.29, 0.717) is 0 Å². The van der Waals surface area contributed by atoms with Crippen molar-refractivity contribution in [1.82, 2.24) is 4.57 Å². The minimum atomic E-state index is -0.439. The van der Waals surface area contributed by atoms with Gasteiger partial charge in [-0.05, 0) is 32.0 Å². The van der Waals surface area contributed by atoms with Gasteiger partial charge in [-0.1, -0.05) is 32.1 Å². The number of thiazole rings is 1. The molecular formula is C15H20N2O2S. The van der Waals surface area contributed by atoms with Crippen LogP contribution < -0.4 is 10.2 Å². The number of hydrogen-bond donors (Lipinski definition) is 1. The summed E-state index contributed by atoms with van der Waals surface area (Å²) >= 11 is 1.21. The monoisotopic (exact) mass is 292 g/mol. The molecule has 20 heavy (non-hydrogen) atoms. The summed E-state index contributed by atoms with van der Waals surface area (Å²) in [7, 11) is 0. The fourth-order valence-corrected chi connectivity index (χ4v) is 2.97. The summed E-state index contributed by atoms with van der Waals surface area (Å²) in [6.45, 7) is 9.59. The van der Waals surface area contributed by atoms with Gasteiger partial charge in [0.05, 0.1) is 10.2 Å². The van der Waals surface area contributed by atoms with Gasteiger partial charge < -0.3 is 5.32 Å². The molecule has 1 aromatic carbocycles. The molecule has 0 spiro atoms. The quantitative estimate of drug-likeness (QED) is 0.919. The Hall–Kier alpha value is -1.62. The average molecular weight is 292 g/mol. The van der Waals surface area contributed by atoms with Gasteiger partial charge in [-0.2, -0.15) is 0 Å². The Bertz CT molecular complexity index is 705. The molecule has 5 heteroatoms. The Morgan fingerprint density at radius 3 is 2.50 bits per heavy atom. The predicted octanol–water partition coefficient (Wildman–Crippen LogP) is 3.63. The molecule has 0 aliphatic carbocycles. The molecular weight excluding hydrogens is 272 g/mol. The molecule has 2 rings (SSSR count). The van der Waals surface area contributed by atoms with Crippen LogP contribution in [0.15, 0.2) is 23.0 Å². The molecule has 0 saturated heterocycles. The summed E-state index contributed by atoms with van der Waals surface area (Å²) in [5, 5.41) is 2.89. The largest absolute Gasteiger partial charge is 0.326 e. The van der Waals surface area contributed by atoms with Crippen LogP contribution in [0.1, 0.15) is 40.7 Å². The van der Waals surface area contributed by atoms with Crippen LogP contribution in [0, 0.1) is 5.41 Å². The summed E-state index contributed by atoms with van der Waals surface area (Å²) in [6, 6.07) is 5.73. The Morgan fingerprint density at radius 2 is 1.95 bits per heavy atom. The number of fused-ring (bicyclic) bond motifs is 1. The SMILES string of the molecule is CC(C)n1c(=O)sc2cc(NC(=O)C(C)(C)C)ccc21. The molecule has 1 aromatic heterocycles. The minimum absolute atomic E-state index is 0.0347. The molecule has 4 nitrogen and oxygen atoms in total. The number of hydrogen-bond acceptors (Lipinski definition) is 3. The van der Waals surface area contributed by atoms with Gasteiger partial charge in [0.1, 0.15) is 0 Å². The molecule has 0 radical (unpaired) electrons. The molecule has 108 valence electrons. The van der Waals surface area contributed by atoms with Crippen LogP contribution in [0.5, 0.6) is 0 Å². The van der Waals surface area contributed by atoms with E-state index in [9.17, 15) is 9.59 Å². The van der Waals surface area contributed by atoms with Gasteiger partial charge in [0.25, 0.3) is 0 Å². The normalized spacial score (nSPS) is 12.1. The van der Waals surface area contributed by atoms with Crippen LogP contribution in [-0.2, 0) is 4.79 Å². The van der Waals surface area contributed by atoms with Crippen LogP contribution in [0.4, 0.5) is 5.69 Å². The molecule has 0 aliphatic heterocycles. The third-order valence-corrected chi connectivity index (χ3v) is 3.99. The summed E-state index contributed by atoms with van der Waals surface area (Å²) in [4.78, 5) is 24.0. The van der Waals surface area contributed by atoms with Crippen LogP contribution in [0.25, 0.3) is 10.2 Å². The maximum absolute atomic E-state index is 12.0. The molecule has 1 N–H and O–H groups in total.